The molecule has 1 fully saturated rings. The zero-order chi connectivity index (χ0) is 13.5. The zero-order valence-corrected chi connectivity index (χ0v) is 11.1. The van der Waals surface area contributed by atoms with E-state index in [2.05, 4.69) is 5.32 Å². The van der Waals surface area contributed by atoms with Crippen LogP contribution in [0.4, 0.5) is 0 Å². The average molecular weight is 257 g/mol. The minimum atomic E-state index is -0.755. The molecule has 104 valence electrons. The molecule has 1 unspecified atom stereocenters. The number of rotatable bonds is 6. The molecule has 1 aliphatic rings. The zero-order valence-electron chi connectivity index (χ0n) is 11.1. The highest BCUT2D eigenvalue weighted by atomic mass is 16.5. The molecule has 0 aromatic heterocycles. The Labute approximate surface area is 108 Å². The number of hydrogen-bond acceptors (Lipinski definition) is 4. The van der Waals surface area contributed by atoms with E-state index >= 15 is 0 Å². The van der Waals surface area contributed by atoms with Crippen LogP contribution < -0.4 is 5.32 Å². The first-order chi connectivity index (χ1) is 8.58. The Bertz CT molecular complexity index is 285. The molecular formula is C13H23NO4. The molecule has 0 aliphatic heterocycles. The van der Waals surface area contributed by atoms with Crippen molar-refractivity contribution in [1.29, 1.82) is 0 Å². The van der Waals surface area contributed by atoms with Crippen molar-refractivity contribution in [2.24, 2.45) is 11.8 Å². The lowest BCUT2D eigenvalue weighted by Crippen LogP contribution is -2.45. The van der Waals surface area contributed by atoms with Crippen LogP contribution in [-0.2, 0) is 14.3 Å². The summed E-state index contributed by atoms with van der Waals surface area (Å²) in [5, 5.41) is 11.6. The maximum absolute atomic E-state index is 11.9. The van der Waals surface area contributed by atoms with E-state index in [1.807, 2.05) is 0 Å². The highest BCUT2D eigenvalue weighted by Gasteiger charge is 2.28. The number of Topliss-reactive ketones (excluding diaryl/α,β-unsaturated/α-hetero) is 1. The van der Waals surface area contributed by atoms with E-state index in [0.717, 1.165) is 32.3 Å². The summed E-state index contributed by atoms with van der Waals surface area (Å²) in [5.74, 6) is 0.186. The summed E-state index contributed by atoms with van der Waals surface area (Å²) in [6.07, 6.45) is 3.62. The molecule has 18 heavy (non-hydrogen) atoms. The Balaban J connectivity index is 2.38. The maximum Gasteiger partial charge on any atom is 0.223 e. The second kappa shape index (κ2) is 7.48. The van der Waals surface area contributed by atoms with E-state index in [9.17, 15) is 9.59 Å². The number of aliphatic hydroxyl groups excluding tert-OH is 1. The number of amides is 1. The predicted molar refractivity (Wildman–Crippen MR) is 67.0 cm³/mol. The third-order valence-electron chi connectivity index (χ3n) is 3.61. The predicted octanol–water partition coefficient (Wildman–Crippen LogP) is 0.505. The van der Waals surface area contributed by atoms with Crippen LogP contribution in [0.15, 0.2) is 0 Å². The lowest BCUT2D eigenvalue weighted by atomic mass is 9.82. The van der Waals surface area contributed by atoms with Gasteiger partial charge in [0, 0.05) is 19.6 Å². The van der Waals surface area contributed by atoms with Gasteiger partial charge >= 0.3 is 0 Å². The maximum atomic E-state index is 11.9. The molecule has 0 saturated heterocycles. The van der Waals surface area contributed by atoms with Gasteiger partial charge in [-0.3, -0.25) is 9.59 Å². The first kappa shape index (κ1) is 15.1. The SMILES string of the molecule is COCC1CCC(C(=O)NC(CO)C(C)=O)CC1. The number of methoxy groups -OCH3 is 1. The van der Waals surface area contributed by atoms with Gasteiger partial charge in [0.15, 0.2) is 5.78 Å². The molecule has 0 spiro atoms. The molecule has 1 saturated carbocycles. The fraction of sp³-hybridized carbons (Fsp3) is 0.846. The third kappa shape index (κ3) is 4.38. The normalized spacial score (nSPS) is 25.5. The summed E-state index contributed by atoms with van der Waals surface area (Å²) >= 11 is 0. The summed E-state index contributed by atoms with van der Waals surface area (Å²) in [6.45, 7) is 1.79. The summed E-state index contributed by atoms with van der Waals surface area (Å²) in [7, 11) is 1.69. The van der Waals surface area contributed by atoms with Gasteiger partial charge in [0.25, 0.3) is 0 Å². The van der Waals surface area contributed by atoms with E-state index in [0.29, 0.717) is 5.92 Å². The quantitative estimate of drug-likeness (QED) is 0.727. The smallest absolute Gasteiger partial charge is 0.223 e. The van der Waals surface area contributed by atoms with Crippen molar-refractivity contribution >= 4 is 11.7 Å². The molecule has 1 aliphatic carbocycles. The van der Waals surface area contributed by atoms with E-state index in [-0.39, 0.29) is 24.2 Å². The van der Waals surface area contributed by atoms with Crippen LogP contribution in [0.25, 0.3) is 0 Å². The van der Waals surface area contributed by atoms with Crippen LogP contribution >= 0.6 is 0 Å². The topological polar surface area (TPSA) is 75.6 Å². The average Bonchev–Trinajstić information content (AvgIpc) is 2.36. The fourth-order valence-electron chi connectivity index (χ4n) is 2.39. The highest BCUT2D eigenvalue weighted by molar-refractivity contribution is 5.88. The van der Waals surface area contributed by atoms with Gasteiger partial charge in [0.1, 0.15) is 6.04 Å². The molecule has 0 aromatic rings. The van der Waals surface area contributed by atoms with Crippen molar-refractivity contribution in [1.82, 2.24) is 5.32 Å². The Morgan fingerprint density at radius 2 is 1.94 bits per heavy atom. The van der Waals surface area contributed by atoms with Crippen LogP contribution in [0, 0.1) is 11.8 Å². The first-order valence-electron chi connectivity index (χ1n) is 6.49. The van der Waals surface area contributed by atoms with Crippen LogP contribution in [0.3, 0.4) is 0 Å². The summed E-state index contributed by atoms with van der Waals surface area (Å²) in [5.41, 5.74) is 0. The molecule has 1 atom stereocenters. The van der Waals surface area contributed by atoms with Gasteiger partial charge in [-0.1, -0.05) is 0 Å². The monoisotopic (exact) mass is 257 g/mol. The number of carbonyl (C=O) groups is 2. The Morgan fingerprint density at radius 3 is 2.39 bits per heavy atom. The summed E-state index contributed by atoms with van der Waals surface area (Å²) in [6, 6.07) is -0.755. The molecule has 0 bridgehead atoms. The Morgan fingerprint density at radius 1 is 1.33 bits per heavy atom. The van der Waals surface area contributed by atoms with E-state index < -0.39 is 6.04 Å². The van der Waals surface area contributed by atoms with Crippen molar-refractivity contribution in [3.63, 3.8) is 0 Å². The molecular weight excluding hydrogens is 234 g/mol. The van der Waals surface area contributed by atoms with Crippen molar-refractivity contribution in [3.8, 4) is 0 Å². The van der Waals surface area contributed by atoms with Gasteiger partial charge in [0.05, 0.1) is 6.61 Å². The minimum Gasteiger partial charge on any atom is -0.394 e. The van der Waals surface area contributed by atoms with Gasteiger partial charge in [-0.2, -0.15) is 0 Å². The van der Waals surface area contributed by atoms with Crippen molar-refractivity contribution in [2.45, 2.75) is 38.6 Å². The molecule has 1 rings (SSSR count). The fourth-order valence-corrected chi connectivity index (χ4v) is 2.39. The van der Waals surface area contributed by atoms with Crippen LogP contribution in [0.2, 0.25) is 0 Å². The molecule has 2 N–H and O–H groups in total. The van der Waals surface area contributed by atoms with Crippen molar-refractivity contribution < 1.29 is 19.4 Å². The molecule has 0 radical (unpaired) electrons. The number of carbonyl (C=O) groups excluding carboxylic acids is 2. The number of hydrogen-bond donors (Lipinski definition) is 2. The van der Waals surface area contributed by atoms with Gasteiger partial charge in [-0.25, -0.2) is 0 Å². The van der Waals surface area contributed by atoms with E-state index in [1.165, 1.54) is 6.92 Å². The lowest BCUT2D eigenvalue weighted by Gasteiger charge is -2.28. The van der Waals surface area contributed by atoms with Crippen molar-refractivity contribution in [2.75, 3.05) is 20.3 Å². The minimum absolute atomic E-state index is 0.0356. The molecule has 1 amide bonds. The summed E-state index contributed by atoms with van der Waals surface area (Å²) in [4.78, 5) is 23.1. The number of ketones is 1. The molecule has 5 nitrogen and oxygen atoms in total. The van der Waals surface area contributed by atoms with E-state index in [4.69, 9.17) is 9.84 Å². The Kier molecular flexibility index (Phi) is 6.29. The lowest BCUT2D eigenvalue weighted by molar-refractivity contribution is -0.131. The number of ether oxygens (including phenoxy) is 1. The second-order valence-electron chi connectivity index (χ2n) is 5.03. The largest absolute Gasteiger partial charge is 0.394 e. The van der Waals surface area contributed by atoms with Gasteiger partial charge < -0.3 is 15.2 Å². The number of nitrogens with one attached hydrogen (secondary N) is 1. The Hall–Kier alpha value is -0.940. The molecule has 0 heterocycles. The first-order valence-corrected chi connectivity index (χ1v) is 6.49. The van der Waals surface area contributed by atoms with Crippen LogP contribution in [-0.4, -0.2) is 43.2 Å². The standard InChI is InChI=1S/C13H23NO4/c1-9(16)12(7-15)14-13(17)11-5-3-10(4-6-11)8-18-2/h10-12,15H,3-8H2,1-2H3,(H,14,17). The van der Waals surface area contributed by atoms with Gasteiger partial charge in [-0.15, -0.1) is 0 Å². The second-order valence-corrected chi connectivity index (χ2v) is 5.03. The van der Waals surface area contributed by atoms with Crippen molar-refractivity contribution in [3.05, 3.63) is 0 Å². The summed E-state index contributed by atoms with van der Waals surface area (Å²) < 4.78 is 5.11. The van der Waals surface area contributed by atoms with Gasteiger partial charge in [-0.05, 0) is 38.5 Å². The van der Waals surface area contributed by atoms with Gasteiger partial charge in [0.2, 0.25) is 5.91 Å². The van der Waals surface area contributed by atoms with Crippen LogP contribution in [0.1, 0.15) is 32.6 Å². The third-order valence-corrected chi connectivity index (χ3v) is 3.61. The molecule has 5 heteroatoms. The van der Waals surface area contributed by atoms with Crippen LogP contribution in [0.5, 0.6) is 0 Å². The highest BCUT2D eigenvalue weighted by Crippen LogP contribution is 2.29. The molecule has 0 aromatic carbocycles. The van der Waals surface area contributed by atoms with E-state index in [1.54, 1.807) is 7.11 Å². The number of aliphatic hydroxyl groups is 1.